The molecular formula is C15H27NO4. The van der Waals surface area contributed by atoms with Crippen molar-refractivity contribution in [3.63, 3.8) is 0 Å². The Morgan fingerprint density at radius 2 is 2.00 bits per heavy atom. The third-order valence-corrected chi connectivity index (χ3v) is 4.97. The van der Waals surface area contributed by atoms with Crippen LogP contribution in [0.1, 0.15) is 32.1 Å². The molecule has 0 radical (unpaired) electrons. The maximum atomic E-state index is 10.3. The van der Waals surface area contributed by atoms with Gasteiger partial charge in [0, 0.05) is 32.0 Å². The van der Waals surface area contributed by atoms with E-state index in [2.05, 4.69) is 11.9 Å². The molecule has 0 aromatic carbocycles. The minimum Gasteiger partial charge on any atom is -0.391 e. The zero-order valence-corrected chi connectivity index (χ0v) is 12.4. The van der Waals surface area contributed by atoms with Gasteiger partial charge in [-0.15, -0.1) is 0 Å². The number of aliphatic hydroxyl groups is 1. The highest BCUT2D eigenvalue weighted by Gasteiger charge is 2.46. The first-order valence-electron chi connectivity index (χ1n) is 7.92. The van der Waals surface area contributed by atoms with Crippen LogP contribution in [0.5, 0.6) is 0 Å². The molecule has 3 rings (SSSR count). The lowest BCUT2D eigenvalue weighted by atomic mass is 9.86. The second-order valence-electron chi connectivity index (χ2n) is 6.51. The summed E-state index contributed by atoms with van der Waals surface area (Å²) in [6, 6.07) is 0.128. The van der Waals surface area contributed by atoms with E-state index in [0.29, 0.717) is 19.1 Å². The summed E-state index contributed by atoms with van der Waals surface area (Å²) in [4.78, 5) is 2.29. The van der Waals surface area contributed by atoms with E-state index in [0.717, 1.165) is 45.4 Å². The van der Waals surface area contributed by atoms with Gasteiger partial charge in [0.1, 0.15) is 0 Å². The molecule has 3 atom stereocenters. The Kier molecular flexibility index (Phi) is 4.62. The molecule has 20 heavy (non-hydrogen) atoms. The molecule has 3 unspecified atom stereocenters. The summed E-state index contributed by atoms with van der Waals surface area (Å²) in [6.07, 6.45) is 4.45. The highest BCUT2D eigenvalue weighted by Crippen LogP contribution is 2.37. The molecule has 5 heteroatoms. The molecule has 1 saturated carbocycles. The van der Waals surface area contributed by atoms with E-state index >= 15 is 0 Å². The summed E-state index contributed by atoms with van der Waals surface area (Å²) in [5, 5.41) is 10.3. The van der Waals surface area contributed by atoms with E-state index in [-0.39, 0.29) is 12.1 Å². The van der Waals surface area contributed by atoms with Gasteiger partial charge in [0.15, 0.2) is 5.79 Å². The molecule has 2 aliphatic heterocycles. The van der Waals surface area contributed by atoms with Gasteiger partial charge in [-0.1, -0.05) is 0 Å². The smallest absolute Gasteiger partial charge is 0.170 e. The zero-order chi connectivity index (χ0) is 14.0. The topological polar surface area (TPSA) is 51.2 Å². The van der Waals surface area contributed by atoms with Gasteiger partial charge in [-0.2, -0.15) is 0 Å². The molecule has 1 N–H and O–H groups in total. The molecule has 2 saturated heterocycles. The van der Waals surface area contributed by atoms with Crippen molar-refractivity contribution < 1.29 is 19.3 Å². The summed E-state index contributed by atoms with van der Waals surface area (Å²) in [6.45, 7) is 4.10. The van der Waals surface area contributed by atoms with Gasteiger partial charge in [0.2, 0.25) is 0 Å². The fourth-order valence-electron chi connectivity index (χ4n) is 3.82. The van der Waals surface area contributed by atoms with E-state index in [1.165, 1.54) is 6.42 Å². The average molecular weight is 285 g/mol. The van der Waals surface area contributed by atoms with Crippen LogP contribution in [0.15, 0.2) is 0 Å². The maximum absolute atomic E-state index is 10.3. The second kappa shape index (κ2) is 6.28. The molecule has 116 valence electrons. The second-order valence-corrected chi connectivity index (χ2v) is 6.51. The molecule has 0 aromatic rings. The monoisotopic (exact) mass is 285 g/mol. The highest BCUT2D eigenvalue weighted by atomic mass is 16.7. The van der Waals surface area contributed by atoms with Gasteiger partial charge >= 0.3 is 0 Å². The van der Waals surface area contributed by atoms with Crippen molar-refractivity contribution in [1.82, 2.24) is 4.90 Å². The number of aliphatic hydroxyl groups excluding tert-OH is 1. The molecule has 3 fully saturated rings. The number of hydrogen-bond donors (Lipinski definition) is 1. The SMILES string of the molecule is CN(CC1CCCOC1)C1CC2(CCC1O)OCCO2. The van der Waals surface area contributed by atoms with Crippen LogP contribution in [-0.2, 0) is 14.2 Å². The standard InChI is InChI=1S/C15H27NO4/c1-16(10-12-3-2-6-18-11-12)13-9-15(5-4-14(13)17)19-7-8-20-15/h12-14,17H,2-11H2,1H3. The number of nitrogens with zero attached hydrogens (tertiary/aromatic N) is 1. The fraction of sp³-hybridized carbons (Fsp3) is 1.00. The molecule has 2 heterocycles. The van der Waals surface area contributed by atoms with E-state index < -0.39 is 5.79 Å². The lowest BCUT2D eigenvalue weighted by Gasteiger charge is -2.43. The van der Waals surface area contributed by atoms with E-state index in [1.54, 1.807) is 0 Å². The van der Waals surface area contributed by atoms with Gasteiger partial charge in [-0.05, 0) is 32.2 Å². The summed E-state index contributed by atoms with van der Waals surface area (Å²) in [5.41, 5.74) is 0. The van der Waals surface area contributed by atoms with E-state index in [4.69, 9.17) is 14.2 Å². The van der Waals surface area contributed by atoms with Crippen LogP contribution < -0.4 is 0 Å². The molecule has 5 nitrogen and oxygen atoms in total. The van der Waals surface area contributed by atoms with Crippen molar-refractivity contribution in [3.05, 3.63) is 0 Å². The number of likely N-dealkylation sites (N-methyl/N-ethyl adjacent to an activating group) is 1. The minimum atomic E-state index is -0.429. The maximum Gasteiger partial charge on any atom is 0.170 e. The molecule has 1 spiro atoms. The largest absolute Gasteiger partial charge is 0.391 e. The lowest BCUT2D eigenvalue weighted by Crippen LogP contribution is -2.53. The Balaban J connectivity index is 1.58. The van der Waals surface area contributed by atoms with Gasteiger partial charge in [0.25, 0.3) is 0 Å². The molecule has 0 aromatic heterocycles. The molecule has 3 aliphatic rings. The van der Waals surface area contributed by atoms with Crippen molar-refractivity contribution >= 4 is 0 Å². The van der Waals surface area contributed by atoms with Gasteiger partial charge in [-0.25, -0.2) is 0 Å². The van der Waals surface area contributed by atoms with Crippen LogP contribution >= 0.6 is 0 Å². The van der Waals surface area contributed by atoms with Crippen molar-refractivity contribution in [2.24, 2.45) is 5.92 Å². The van der Waals surface area contributed by atoms with Crippen molar-refractivity contribution in [2.75, 3.05) is 40.0 Å². The number of ether oxygens (including phenoxy) is 3. The minimum absolute atomic E-state index is 0.128. The molecule has 0 bridgehead atoms. The fourth-order valence-corrected chi connectivity index (χ4v) is 3.82. The Labute approximate surface area is 121 Å². The van der Waals surface area contributed by atoms with Crippen LogP contribution in [-0.4, -0.2) is 68.0 Å². The van der Waals surface area contributed by atoms with Crippen LogP contribution in [0.25, 0.3) is 0 Å². The van der Waals surface area contributed by atoms with Crippen LogP contribution in [0, 0.1) is 5.92 Å². The third-order valence-electron chi connectivity index (χ3n) is 4.97. The van der Waals surface area contributed by atoms with Gasteiger partial charge < -0.3 is 24.2 Å². The van der Waals surface area contributed by atoms with Crippen LogP contribution in [0.2, 0.25) is 0 Å². The lowest BCUT2D eigenvalue weighted by molar-refractivity contribution is -0.204. The Hall–Kier alpha value is -0.200. The molecular weight excluding hydrogens is 258 g/mol. The average Bonchev–Trinajstić information content (AvgIpc) is 2.91. The first-order chi connectivity index (χ1) is 9.69. The molecule has 0 amide bonds. The molecule has 1 aliphatic carbocycles. The first kappa shape index (κ1) is 14.7. The number of rotatable bonds is 3. The Morgan fingerprint density at radius 1 is 1.20 bits per heavy atom. The van der Waals surface area contributed by atoms with Gasteiger partial charge in [0.05, 0.1) is 25.9 Å². The van der Waals surface area contributed by atoms with Crippen molar-refractivity contribution in [2.45, 2.75) is 50.0 Å². The van der Waals surface area contributed by atoms with Crippen molar-refractivity contribution in [3.8, 4) is 0 Å². The summed E-state index contributed by atoms with van der Waals surface area (Å²) >= 11 is 0. The number of hydrogen-bond acceptors (Lipinski definition) is 5. The van der Waals surface area contributed by atoms with Crippen LogP contribution in [0.3, 0.4) is 0 Å². The highest BCUT2D eigenvalue weighted by molar-refractivity contribution is 4.93. The normalized spacial score (nSPS) is 37.6. The third kappa shape index (κ3) is 3.17. The zero-order valence-electron chi connectivity index (χ0n) is 12.4. The van der Waals surface area contributed by atoms with Gasteiger partial charge in [-0.3, -0.25) is 0 Å². The predicted octanol–water partition coefficient (Wildman–Crippen LogP) is 1.00. The quantitative estimate of drug-likeness (QED) is 0.838. The summed E-state index contributed by atoms with van der Waals surface area (Å²) in [5.74, 6) is 0.158. The predicted molar refractivity (Wildman–Crippen MR) is 74.5 cm³/mol. The summed E-state index contributed by atoms with van der Waals surface area (Å²) < 4.78 is 17.2. The van der Waals surface area contributed by atoms with Crippen molar-refractivity contribution in [1.29, 1.82) is 0 Å². The van der Waals surface area contributed by atoms with Crippen LogP contribution in [0.4, 0.5) is 0 Å². The Bertz CT molecular complexity index is 313. The first-order valence-corrected chi connectivity index (χ1v) is 7.92. The van der Waals surface area contributed by atoms with E-state index in [1.807, 2.05) is 0 Å². The summed E-state index contributed by atoms with van der Waals surface area (Å²) in [7, 11) is 2.11. The Morgan fingerprint density at radius 3 is 2.70 bits per heavy atom. The van der Waals surface area contributed by atoms with E-state index in [9.17, 15) is 5.11 Å².